The van der Waals surface area contributed by atoms with Gasteiger partial charge in [0.25, 0.3) is 5.91 Å². The van der Waals surface area contributed by atoms with Crippen molar-refractivity contribution in [2.24, 2.45) is 0 Å². The molecule has 9 heteroatoms. The fourth-order valence-electron chi connectivity index (χ4n) is 2.30. The van der Waals surface area contributed by atoms with E-state index in [4.69, 9.17) is 4.74 Å². The number of fused-ring (bicyclic) bond motifs is 1. The topological polar surface area (TPSA) is 115 Å². The summed E-state index contributed by atoms with van der Waals surface area (Å²) in [5.74, 6) is -1.47. The minimum Gasteiger partial charge on any atom is -0.452 e. The largest absolute Gasteiger partial charge is 0.452 e. The van der Waals surface area contributed by atoms with Crippen molar-refractivity contribution >= 4 is 28.8 Å². The molecular weight excluding hydrogens is 338 g/mol. The number of aromatic nitrogens is 3. The zero-order valence-electron chi connectivity index (χ0n) is 15.1. The van der Waals surface area contributed by atoms with E-state index in [0.717, 1.165) is 11.9 Å². The lowest BCUT2D eigenvalue weighted by molar-refractivity contribution is -0.130. The molecule has 0 bridgehead atoms. The number of ether oxygens (including phenoxy) is 1. The van der Waals surface area contributed by atoms with Gasteiger partial charge in [-0.05, 0) is 38.5 Å². The normalized spacial score (nSPS) is 11.8. The van der Waals surface area contributed by atoms with Gasteiger partial charge in [-0.15, -0.1) is 5.10 Å². The van der Waals surface area contributed by atoms with Crippen LogP contribution in [0.5, 0.6) is 0 Å². The lowest BCUT2D eigenvalue weighted by Gasteiger charge is -2.13. The molecule has 2 N–H and O–H groups in total. The van der Waals surface area contributed by atoms with Crippen LogP contribution in [0.4, 0.5) is 0 Å². The number of esters is 1. The first-order valence-electron chi connectivity index (χ1n) is 8.53. The fourth-order valence-corrected chi connectivity index (χ4v) is 2.30. The van der Waals surface area contributed by atoms with Gasteiger partial charge >= 0.3 is 5.97 Å². The summed E-state index contributed by atoms with van der Waals surface area (Å²) in [5.41, 5.74) is 1.67. The molecule has 0 radical (unpaired) electrons. The molecule has 1 heterocycles. The van der Waals surface area contributed by atoms with E-state index in [1.54, 1.807) is 29.8 Å². The Morgan fingerprint density at radius 3 is 2.73 bits per heavy atom. The molecule has 2 amide bonds. The van der Waals surface area contributed by atoms with E-state index >= 15 is 0 Å². The van der Waals surface area contributed by atoms with Gasteiger partial charge in [0.2, 0.25) is 5.91 Å². The molecule has 26 heavy (non-hydrogen) atoms. The van der Waals surface area contributed by atoms with Crippen molar-refractivity contribution < 1.29 is 19.1 Å². The van der Waals surface area contributed by atoms with E-state index in [9.17, 15) is 14.4 Å². The Bertz CT molecular complexity index is 802. The molecule has 0 aliphatic rings. The van der Waals surface area contributed by atoms with Gasteiger partial charge in [0.05, 0.1) is 11.1 Å². The van der Waals surface area contributed by atoms with Crippen LogP contribution in [0, 0.1) is 0 Å². The number of carbonyl (C=O) groups is 3. The molecule has 1 aromatic carbocycles. The highest BCUT2D eigenvalue weighted by Gasteiger charge is 2.17. The highest BCUT2D eigenvalue weighted by Crippen LogP contribution is 2.14. The minimum atomic E-state index is -0.701. The highest BCUT2D eigenvalue weighted by atomic mass is 16.5. The number of nitrogens with one attached hydrogen (secondary N) is 2. The molecule has 2 rings (SSSR count). The van der Waals surface area contributed by atoms with Crippen molar-refractivity contribution in [3.63, 3.8) is 0 Å². The van der Waals surface area contributed by atoms with Crippen LogP contribution in [0.3, 0.4) is 0 Å². The summed E-state index contributed by atoms with van der Waals surface area (Å²) in [6.45, 7) is 6.19. The molecule has 0 fully saturated rings. The third-order valence-corrected chi connectivity index (χ3v) is 3.70. The summed E-state index contributed by atoms with van der Waals surface area (Å²) >= 11 is 0. The van der Waals surface area contributed by atoms with Crippen LogP contribution >= 0.6 is 0 Å². The average molecular weight is 361 g/mol. The Balaban J connectivity index is 1.87. The Kier molecular flexibility index (Phi) is 6.65. The van der Waals surface area contributed by atoms with Crippen molar-refractivity contribution in [1.82, 2.24) is 25.6 Å². The lowest BCUT2D eigenvalue weighted by atomic mass is 10.2. The molecule has 0 saturated carbocycles. The van der Waals surface area contributed by atoms with E-state index < -0.39 is 24.5 Å². The van der Waals surface area contributed by atoms with Crippen LogP contribution in [-0.4, -0.2) is 52.0 Å². The van der Waals surface area contributed by atoms with Crippen molar-refractivity contribution in [2.45, 2.75) is 39.8 Å². The van der Waals surface area contributed by atoms with E-state index in [-0.39, 0.29) is 11.5 Å². The van der Waals surface area contributed by atoms with Crippen LogP contribution in [0.15, 0.2) is 18.2 Å². The Labute approximate surface area is 151 Å². The summed E-state index contributed by atoms with van der Waals surface area (Å²) in [7, 11) is 0. The standard InChI is InChI=1S/C17H23N5O4/c1-4-8-18-16(24)11(3)19-15(23)10-26-17(25)12-6-7-14-13(9-12)20-21-22(14)5-2/h6-7,9,11H,4-5,8,10H2,1-3H3,(H,18,24)(H,19,23)/t11-/m0/s1. The smallest absolute Gasteiger partial charge is 0.338 e. The van der Waals surface area contributed by atoms with Gasteiger partial charge in [-0.3, -0.25) is 9.59 Å². The predicted octanol–water partition coefficient (Wildman–Crippen LogP) is 0.639. The number of nitrogens with zero attached hydrogens (tertiary/aromatic N) is 3. The van der Waals surface area contributed by atoms with Crippen molar-refractivity contribution in [3.8, 4) is 0 Å². The van der Waals surface area contributed by atoms with Gasteiger partial charge in [-0.25, -0.2) is 9.48 Å². The number of benzene rings is 1. The number of aryl methyl sites for hydroxylation is 1. The van der Waals surface area contributed by atoms with Gasteiger partial charge in [0.1, 0.15) is 11.6 Å². The van der Waals surface area contributed by atoms with Crippen molar-refractivity contribution in [2.75, 3.05) is 13.2 Å². The van der Waals surface area contributed by atoms with Crippen LogP contribution in [-0.2, 0) is 20.9 Å². The Morgan fingerprint density at radius 2 is 2.04 bits per heavy atom. The molecule has 1 aromatic heterocycles. The van der Waals surface area contributed by atoms with Gasteiger partial charge in [-0.2, -0.15) is 0 Å². The van der Waals surface area contributed by atoms with E-state index in [1.807, 2.05) is 13.8 Å². The quantitative estimate of drug-likeness (QED) is 0.667. The number of carbonyl (C=O) groups excluding carboxylic acids is 3. The SMILES string of the molecule is CCCNC(=O)[C@H](C)NC(=O)COC(=O)c1ccc2c(c1)nnn2CC. The first-order valence-corrected chi connectivity index (χ1v) is 8.53. The molecular formula is C17H23N5O4. The molecule has 0 aliphatic heterocycles. The van der Waals surface area contributed by atoms with Crippen LogP contribution < -0.4 is 10.6 Å². The molecule has 0 aliphatic carbocycles. The van der Waals surface area contributed by atoms with Crippen molar-refractivity contribution in [3.05, 3.63) is 23.8 Å². The van der Waals surface area contributed by atoms with E-state index in [2.05, 4.69) is 20.9 Å². The van der Waals surface area contributed by atoms with Gasteiger partial charge in [0, 0.05) is 13.1 Å². The highest BCUT2D eigenvalue weighted by molar-refractivity contribution is 5.95. The predicted molar refractivity (Wildman–Crippen MR) is 94.4 cm³/mol. The summed E-state index contributed by atoms with van der Waals surface area (Å²) < 4.78 is 6.71. The van der Waals surface area contributed by atoms with Crippen LogP contribution in [0.2, 0.25) is 0 Å². The van der Waals surface area contributed by atoms with E-state index in [0.29, 0.717) is 18.6 Å². The molecule has 9 nitrogen and oxygen atoms in total. The number of hydrogen-bond acceptors (Lipinski definition) is 6. The zero-order chi connectivity index (χ0) is 19.1. The first kappa shape index (κ1) is 19.4. The molecule has 1 atom stereocenters. The maximum atomic E-state index is 12.1. The van der Waals surface area contributed by atoms with E-state index in [1.165, 1.54) is 0 Å². The summed E-state index contributed by atoms with van der Waals surface area (Å²) in [5, 5.41) is 13.1. The lowest BCUT2D eigenvalue weighted by Crippen LogP contribution is -2.46. The molecule has 0 saturated heterocycles. The number of hydrogen-bond donors (Lipinski definition) is 2. The summed E-state index contributed by atoms with van der Waals surface area (Å²) in [6, 6.07) is 4.19. The van der Waals surface area contributed by atoms with Gasteiger partial charge < -0.3 is 15.4 Å². The molecule has 0 unspecified atom stereocenters. The fraction of sp³-hybridized carbons (Fsp3) is 0.471. The number of rotatable bonds is 8. The average Bonchev–Trinajstić information content (AvgIpc) is 3.06. The molecule has 140 valence electrons. The maximum absolute atomic E-state index is 12.1. The maximum Gasteiger partial charge on any atom is 0.338 e. The van der Waals surface area contributed by atoms with Crippen LogP contribution in [0.25, 0.3) is 11.0 Å². The summed E-state index contributed by atoms with van der Waals surface area (Å²) in [6.07, 6.45) is 0.806. The second-order valence-electron chi connectivity index (χ2n) is 5.77. The third kappa shape index (κ3) is 4.78. The second-order valence-corrected chi connectivity index (χ2v) is 5.77. The monoisotopic (exact) mass is 361 g/mol. The second kappa shape index (κ2) is 8.93. The zero-order valence-corrected chi connectivity index (χ0v) is 15.1. The molecule has 0 spiro atoms. The summed E-state index contributed by atoms with van der Waals surface area (Å²) in [4.78, 5) is 35.6. The third-order valence-electron chi connectivity index (χ3n) is 3.70. The minimum absolute atomic E-state index is 0.280. The Hall–Kier alpha value is -2.97. The van der Waals surface area contributed by atoms with Crippen LogP contribution in [0.1, 0.15) is 37.6 Å². The molecule has 2 aromatic rings. The van der Waals surface area contributed by atoms with Gasteiger partial charge in [-0.1, -0.05) is 12.1 Å². The van der Waals surface area contributed by atoms with Crippen molar-refractivity contribution in [1.29, 1.82) is 0 Å². The Morgan fingerprint density at radius 1 is 1.27 bits per heavy atom. The number of amides is 2. The first-order chi connectivity index (χ1) is 12.5. The van der Waals surface area contributed by atoms with Gasteiger partial charge in [0.15, 0.2) is 6.61 Å².